The Morgan fingerprint density at radius 3 is 2.42 bits per heavy atom. The molecular weight excluding hydrogens is 448 g/mol. The Kier molecular flexibility index (Phi) is 5.68. The first-order chi connectivity index (χ1) is 16.0. The van der Waals surface area contributed by atoms with Crippen molar-refractivity contribution in [2.75, 3.05) is 31.6 Å². The molecular formula is C21H22N6O5S. The molecule has 0 saturated carbocycles. The summed E-state index contributed by atoms with van der Waals surface area (Å²) in [4.78, 5) is 12.9. The van der Waals surface area contributed by atoms with Crippen LogP contribution in [0.1, 0.15) is 12.8 Å². The number of carbonyl (C=O) groups is 1. The number of hydrogen-bond donors (Lipinski definition) is 1. The van der Waals surface area contributed by atoms with Gasteiger partial charge in [-0.15, -0.1) is 5.10 Å². The number of tetrazole rings is 1. The number of aromatic nitrogens is 4. The predicted octanol–water partition coefficient (Wildman–Crippen LogP) is 1.47. The van der Waals surface area contributed by atoms with E-state index in [1.807, 2.05) is 0 Å². The number of anilines is 1. The molecule has 0 spiro atoms. The van der Waals surface area contributed by atoms with Crippen molar-refractivity contribution in [3.63, 3.8) is 0 Å². The molecule has 11 nitrogen and oxygen atoms in total. The largest absolute Gasteiger partial charge is 0.486 e. The van der Waals surface area contributed by atoms with E-state index in [2.05, 4.69) is 20.8 Å². The lowest BCUT2D eigenvalue weighted by Gasteiger charge is -2.30. The zero-order chi connectivity index (χ0) is 22.8. The van der Waals surface area contributed by atoms with Crippen LogP contribution >= 0.6 is 0 Å². The Hall–Kier alpha value is -3.51. The van der Waals surface area contributed by atoms with Crippen LogP contribution in [0.25, 0.3) is 5.69 Å². The molecule has 1 amide bonds. The average molecular weight is 471 g/mol. The third-order valence-electron chi connectivity index (χ3n) is 5.72. The van der Waals surface area contributed by atoms with Gasteiger partial charge in [-0.1, -0.05) is 0 Å². The van der Waals surface area contributed by atoms with E-state index in [9.17, 15) is 13.2 Å². The van der Waals surface area contributed by atoms with Gasteiger partial charge >= 0.3 is 0 Å². The van der Waals surface area contributed by atoms with Crippen molar-refractivity contribution in [1.82, 2.24) is 24.5 Å². The second kappa shape index (κ2) is 8.79. The Morgan fingerprint density at radius 2 is 1.73 bits per heavy atom. The average Bonchev–Trinajstić information content (AvgIpc) is 3.39. The fraction of sp³-hybridized carbons (Fsp3) is 0.333. The van der Waals surface area contributed by atoms with Gasteiger partial charge in [-0.3, -0.25) is 4.79 Å². The van der Waals surface area contributed by atoms with Crippen molar-refractivity contribution in [2.45, 2.75) is 17.7 Å². The quantitative estimate of drug-likeness (QED) is 0.594. The minimum absolute atomic E-state index is 0.124. The monoisotopic (exact) mass is 470 g/mol. The van der Waals surface area contributed by atoms with E-state index in [1.165, 1.54) is 27.4 Å². The second-order valence-electron chi connectivity index (χ2n) is 7.77. The highest BCUT2D eigenvalue weighted by molar-refractivity contribution is 7.89. The molecule has 0 aliphatic carbocycles. The van der Waals surface area contributed by atoms with Gasteiger partial charge in [0.15, 0.2) is 11.5 Å². The van der Waals surface area contributed by atoms with Gasteiger partial charge in [-0.25, -0.2) is 13.1 Å². The van der Waals surface area contributed by atoms with Crippen LogP contribution < -0.4 is 14.8 Å². The summed E-state index contributed by atoms with van der Waals surface area (Å²) in [5.41, 5.74) is 1.43. The van der Waals surface area contributed by atoms with Gasteiger partial charge < -0.3 is 14.8 Å². The van der Waals surface area contributed by atoms with Gasteiger partial charge in [-0.05, 0) is 59.7 Å². The first-order valence-electron chi connectivity index (χ1n) is 10.5. The minimum atomic E-state index is -3.68. The highest BCUT2D eigenvalue weighted by Crippen LogP contribution is 2.34. The number of amides is 1. The van der Waals surface area contributed by atoms with Crippen LogP contribution in [0, 0.1) is 5.92 Å². The smallest absolute Gasteiger partial charge is 0.243 e. The standard InChI is InChI=1S/C21H22N6O5S/c28-21(23-16-1-3-17(4-2-16)27-14-22-24-25-27)15-7-9-26(10-8-15)33(29,30)18-5-6-19-20(13-18)32-12-11-31-19/h1-6,13-15H,7-12H2,(H,23,28). The number of sulfonamides is 1. The molecule has 2 aromatic carbocycles. The maximum Gasteiger partial charge on any atom is 0.243 e. The minimum Gasteiger partial charge on any atom is -0.486 e. The van der Waals surface area contributed by atoms with Crippen LogP contribution in [0.4, 0.5) is 5.69 Å². The third-order valence-corrected chi connectivity index (χ3v) is 7.62. The van der Waals surface area contributed by atoms with Crippen LogP contribution in [0.3, 0.4) is 0 Å². The second-order valence-corrected chi connectivity index (χ2v) is 9.71. The molecule has 1 fully saturated rings. The Morgan fingerprint density at radius 1 is 1.00 bits per heavy atom. The van der Waals surface area contributed by atoms with E-state index in [-0.39, 0.29) is 29.8 Å². The Labute approximate surface area is 190 Å². The van der Waals surface area contributed by atoms with Crippen LogP contribution in [-0.4, -0.2) is 65.1 Å². The zero-order valence-electron chi connectivity index (χ0n) is 17.6. The molecule has 12 heteroatoms. The molecule has 3 aromatic rings. The van der Waals surface area contributed by atoms with Crippen LogP contribution in [0.5, 0.6) is 11.5 Å². The number of nitrogens with one attached hydrogen (secondary N) is 1. The molecule has 1 N–H and O–H groups in total. The molecule has 172 valence electrons. The normalized spacial score (nSPS) is 17.0. The fourth-order valence-corrected chi connectivity index (χ4v) is 5.40. The zero-order valence-corrected chi connectivity index (χ0v) is 18.4. The van der Waals surface area contributed by atoms with E-state index >= 15 is 0 Å². The van der Waals surface area contributed by atoms with Gasteiger partial charge in [0, 0.05) is 30.8 Å². The molecule has 2 aliphatic rings. The topological polar surface area (TPSA) is 129 Å². The maximum atomic E-state index is 13.1. The summed E-state index contributed by atoms with van der Waals surface area (Å²) in [6.45, 7) is 1.37. The van der Waals surface area contributed by atoms with Crippen LogP contribution in [0.2, 0.25) is 0 Å². The molecule has 0 atom stereocenters. The highest BCUT2D eigenvalue weighted by atomic mass is 32.2. The Bertz CT molecular complexity index is 1240. The summed E-state index contributed by atoms with van der Waals surface area (Å²) < 4.78 is 40.1. The molecule has 0 radical (unpaired) electrons. The molecule has 1 aromatic heterocycles. The molecule has 3 heterocycles. The summed E-state index contributed by atoms with van der Waals surface area (Å²) in [5, 5.41) is 13.9. The van der Waals surface area contributed by atoms with E-state index < -0.39 is 10.0 Å². The number of carbonyl (C=O) groups excluding carboxylic acids is 1. The number of hydrogen-bond acceptors (Lipinski definition) is 8. The van der Waals surface area contributed by atoms with Crippen molar-refractivity contribution in [3.8, 4) is 17.2 Å². The lowest BCUT2D eigenvalue weighted by molar-refractivity contribution is -0.120. The number of benzene rings is 2. The first kappa shape index (κ1) is 21.3. The molecule has 2 aliphatic heterocycles. The molecule has 0 unspecified atom stereocenters. The molecule has 5 rings (SSSR count). The van der Waals surface area contributed by atoms with Crippen molar-refractivity contribution in [2.24, 2.45) is 5.92 Å². The SMILES string of the molecule is O=C(Nc1ccc(-n2cnnn2)cc1)C1CCN(S(=O)(=O)c2ccc3c(c2)OCCO3)CC1. The molecule has 0 bridgehead atoms. The van der Waals surface area contributed by atoms with Crippen molar-refractivity contribution in [1.29, 1.82) is 0 Å². The first-order valence-corrected chi connectivity index (χ1v) is 12.0. The number of nitrogens with zero attached hydrogens (tertiary/aromatic N) is 5. The van der Waals surface area contributed by atoms with E-state index in [1.54, 1.807) is 30.3 Å². The number of ether oxygens (including phenoxy) is 2. The van der Waals surface area contributed by atoms with Crippen molar-refractivity contribution >= 4 is 21.6 Å². The van der Waals surface area contributed by atoms with Crippen molar-refractivity contribution < 1.29 is 22.7 Å². The number of rotatable bonds is 5. The number of fused-ring (bicyclic) bond motifs is 1. The van der Waals surface area contributed by atoms with Gasteiger partial charge in [-0.2, -0.15) is 4.31 Å². The summed E-state index contributed by atoms with van der Waals surface area (Å²) >= 11 is 0. The van der Waals surface area contributed by atoms with E-state index in [4.69, 9.17) is 9.47 Å². The van der Waals surface area contributed by atoms with Crippen LogP contribution in [0.15, 0.2) is 53.7 Å². The van der Waals surface area contributed by atoms with Gasteiger partial charge in [0.25, 0.3) is 0 Å². The van der Waals surface area contributed by atoms with Crippen LogP contribution in [-0.2, 0) is 14.8 Å². The summed E-state index contributed by atoms with van der Waals surface area (Å²) in [5.74, 6) is 0.585. The summed E-state index contributed by atoms with van der Waals surface area (Å²) in [6.07, 6.45) is 2.37. The van der Waals surface area contributed by atoms with E-state index in [0.29, 0.717) is 43.2 Å². The summed E-state index contributed by atoms with van der Waals surface area (Å²) in [6, 6.07) is 11.8. The third kappa shape index (κ3) is 4.39. The fourth-order valence-electron chi connectivity index (χ4n) is 3.91. The summed E-state index contributed by atoms with van der Waals surface area (Å²) in [7, 11) is -3.68. The Balaban J connectivity index is 1.19. The highest BCUT2D eigenvalue weighted by Gasteiger charge is 2.33. The molecule has 33 heavy (non-hydrogen) atoms. The van der Waals surface area contributed by atoms with Gasteiger partial charge in [0.2, 0.25) is 15.9 Å². The van der Waals surface area contributed by atoms with Gasteiger partial charge in [0.1, 0.15) is 19.5 Å². The van der Waals surface area contributed by atoms with E-state index in [0.717, 1.165) is 5.69 Å². The lowest BCUT2D eigenvalue weighted by atomic mass is 9.97. The maximum absolute atomic E-state index is 13.1. The lowest BCUT2D eigenvalue weighted by Crippen LogP contribution is -2.41. The van der Waals surface area contributed by atoms with Gasteiger partial charge in [0.05, 0.1) is 10.6 Å². The van der Waals surface area contributed by atoms with Crippen molar-refractivity contribution in [3.05, 3.63) is 48.8 Å². The molecule has 1 saturated heterocycles. The number of piperidine rings is 1. The predicted molar refractivity (Wildman–Crippen MR) is 117 cm³/mol.